The van der Waals surface area contributed by atoms with E-state index in [4.69, 9.17) is 0 Å². The van der Waals surface area contributed by atoms with Crippen LogP contribution in [0.1, 0.15) is 0 Å². The summed E-state index contributed by atoms with van der Waals surface area (Å²) >= 11 is 3.04. The molecule has 1 N–H and O–H groups in total. The first-order valence-corrected chi connectivity index (χ1v) is 10.6. The molecule has 124 valence electrons. The molecule has 0 saturated heterocycles. The summed E-state index contributed by atoms with van der Waals surface area (Å²) in [7, 11) is -7.33. The summed E-state index contributed by atoms with van der Waals surface area (Å²) in [5.74, 6) is -0.953. The number of hydrogen-bond acceptors (Lipinski definition) is 7. The second kappa shape index (κ2) is 6.13. The first kappa shape index (κ1) is 17.8. The van der Waals surface area contributed by atoms with Crippen LogP contribution in [-0.2, 0) is 19.7 Å². The van der Waals surface area contributed by atoms with Crippen molar-refractivity contribution in [2.45, 2.75) is 9.92 Å². The van der Waals surface area contributed by atoms with Gasteiger partial charge in [0.25, 0.3) is 0 Å². The van der Waals surface area contributed by atoms with E-state index < -0.39 is 30.4 Å². The molecule has 2 rings (SSSR count). The monoisotopic (exact) mass is 423 g/mol. The Bertz CT molecular complexity index is 898. The van der Waals surface area contributed by atoms with E-state index in [1.165, 1.54) is 12.3 Å². The van der Waals surface area contributed by atoms with E-state index in [-0.39, 0.29) is 21.1 Å². The predicted octanol–water partition coefficient (Wildman–Crippen LogP) is 1.93. The molecule has 0 aliphatic carbocycles. The molecule has 1 aromatic heterocycles. The quantitative estimate of drug-likeness (QED) is 0.748. The number of aromatic nitrogens is 2. The van der Waals surface area contributed by atoms with E-state index in [0.717, 1.165) is 24.6 Å². The molecule has 0 saturated carbocycles. The number of nitrogens with one attached hydrogen (secondary N) is 1. The number of halogens is 2. The molecule has 0 unspecified atom stereocenters. The fourth-order valence-corrected chi connectivity index (χ4v) is 4.16. The highest BCUT2D eigenvalue weighted by Crippen LogP contribution is 2.24. The SMILES string of the molecule is CS(=O)(=O)c1cc(Nc2ncc(Br)c(S(C)(=O)=O)n2)ccc1F. The third kappa shape index (κ3) is 4.24. The van der Waals surface area contributed by atoms with Gasteiger partial charge in [-0.3, -0.25) is 0 Å². The average molecular weight is 424 g/mol. The van der Waals surface area contributed by atoms with Crippen LogP contribution in [0, 0.1) is 5.82 Å². The topological polar surface area (TPSA) is 106 Å². The standard InChI is InChI=1S/C12H11BrFN3O4S2/c1-22(18,19)10-5-7(3-4-9(10)14)16-12-15-6-8(13)11(17-12)23(2,20)21/h3-6H,1-2H3,(H,15,16,17). The van der Waals surface area contributed by atoms with Gasteiger partial charge < -0.3 is 5.32 Å². The zero-order valence-corrected chi connectivity index (χ0v) is 15.1. The maximum absolute atomic E-state index is 13.6. The van der Waals surface area contributed by atoms with Gasteiger partial charge in [0.2, 0.25) is 5.95 Å². The van der Waals surface area contributed by atoms with Gasteiger partial charge >= 0.3 is 0 Å². The molecule has 0 aliphatic rings. The molecule has 0 spiro atoms. The van der Waals surface area contributed by atoms with E-state index in [1.54, 1.807) is 0 Å². The van der Waals surface area contributed by atoms with E-state index in [2.05, 4.69) is 31.2 Å². The lowest BCUT2D eigenvalue weighted by atomic mass is 10.3. The van der Waals surface area contributed by atoms with Crippen molar-refractivity contribution in [1.29, 1.82) is 0 Å². The van der Waals surface area contributed by atoms with Crippen molar-refractivity contribution in [2.75, 3.05) is 17.8 Å². The van der Waals surface area contributed by atoms with Crippen molar-refractivity contribution in [3.05, 3.63) is 34.7 Å². The highest BCUT2D eigenvalue weighted by Gasteiger charge is 2.17. The highest BCUT2D eigenvalue weighted by atomic mass is 79.9. The molecule has 0 fully saturated rings. The summed E-state index contributed by atoms with van der Waals surface area (Å²) in [5.41, 5.74) is 0.202. The summed E-state index contributed by atoms with van der Waals surface area (Å²) < 4.78 is 60.0. The molecule has 7 nitrogen and oxygen atoms in total. The minimum Gasteiger partial charge on any atom is -0.324 e. The Morgan fingerprint density at radius 1 is 1.13 bits per heavy atom. The minimum atomic E-state index is -3.75. The van der Waals surface area contributed by atoms with Crippen molar-refractivity contribution in [3.8, 4) is 0 Å². The normalized spacial score (nSPS) is 12.2. The second-order valence-corrected chi connectivity index (χ2v) is 9.43. The molecule has 11 heteroatoms. The number of hydrogen-bond donors (Lipinski definition) is 1. The van der Waals surface area contributed by atoms with Gasteiger partial charge in [0, 0.05) is 24.4 Å². The van der Waals surface area contributed by atoms with Gasteiger partial charge in [-0.15, -0.1) is 0 Å². The molecule has 0 bridgehead atoms. The van der Waals surface area contributed by atoms with Crippen molar-refractivity contribution in [3.63, 3.8) is 0 Å². The zero-order chi connectivity index (χ0) is 17.4. The summed E-state index contributed by atoms with van der Waals surface area (Å²) in [5, 5.41) is 2.42. The van der Waals surface area contributed by atoms with Crippen LogP contribution >= 0.6 is 15.9 Å². The van der Waals surface area contributed by atoms with Crippen LogP contribution in [-0.4, -0.2) is 39.3 Å². The van der Waals surface area contributed by atoms with Crippen LogP contribution in [0.25, 0.3) is 0 Å². The second-order valence-electron chi connectivity index (χ2n) is 4.66. The average Bonchev–Trinajstić information content (AvgIpc) is 2.40. The lowest BCUT2D eigenvalue weighted by Crippen LogP contribution is -2.07. The van der Waals surface area contributed by atoms with Crippen LogP contribution in [0.2, 0.25) is 0 Å². The Balaban J connectivity index is 2.45. The number of rotatable bonds is 4. The van der Waals surface area contributed by atoms with Gasteiger partial charge in [-0.1, -0.05) is 0 Å². The fourth-order valence-electron chi connectivity index (χ4n) is 1.67. The van der Waals surface area contributed by atoms with Gasteiger partial charge in [-0.2, -0.15) is 4.98 Å². The Hall–Kier alpha value is -1.59. The fraction of sp³-hybridized carbons (Fsp3) is 0.167. The lowest BCUT2D eigenvalue weighted by molar-refractivity contribution is 0.571. The molecule has 0 radical (unpaired) electrons. The number of anilines is 2. The third-order valence-corrected chi connectivity index (χ3v) is 5.62. The lowest BCUT2D eigenvalue weighted by Gasteiger charge is -2.09. The van der Waals surface area contributed by atoms with Crippen molar-refractivity contribution in [1.82, 2.24) is 9.97 Å². The Morgan fingerprint density at radius 3 is 2.35 bits per heavy atom. The van der Waals surface area contributed by atoms with Gasteiger partial charge in [-0.05, 0) is 34.1 Å². The van der Waals surface area contributed by atoms with E-state index in [0.29, 0.717) is 0 Å². The number of nitrogens with zero attached hydrogens (tertiary/aromatic N) is 2. The summed E-state index contributed by atoms with van der Waals surface area (Å²) in [6, 6.07) is 3.35. The van der Waals surface area contributed by atoms with Crippen LogP contribution in [0.4, 0.5) is 16.0 Å². The first-order valence-electron chi connectivity index (χ1n) is 5.98. The molecular formula is C12H11BrFN3O4S2. The molecule has 0 aliphatic heterocycles. The summed E-state index contributed by atoms with van der Waals surface area (Å²) in [4.78, 5) is 7.25. The van der Waals surface area contributed by atoms with Gasteiger partial charge in [0.15, 0.2) is 24.7 Å². The maximum Gasteiger partial charge on any atom is 0.228 e. The van der Waals surface area contributed by atoms with Gasteiger partial charge in [0.1, 0.15) is 10.7 Å². The third-order valence-electron chi connectivity index (χ3n) is 2.65. The Kier molecular flexibility index (Phi) is 4.74. The molecule has 23 heavy (non-hydrogen) atoms. The van der Waals surface area contributed by atoms with Crippen molar-refractivity contribution in [2.24, 2.45) is 0 Å². The molecule has 1 heterocycles. The summed E-state index contributed by atoms with van der Waals surface area (Å²) in [6.45, 7) is 0. The largest absolute Gasteiger partial charge is 0.324 e. The summed E-state index contributed by atoms with van der Waals surface area (Å²) in [6.07, 6.45) is 3.11. The molecule has 2 aromatic rings. The van der Waals surface area contributed by atoms with Crippen LogP contribution in [0.5, 0.6) is 0 Å². The highest BCUT2D eigenvalue weighted by molar-refractivity contribution is 9.10. The molecular weight excluding hydrogens is 413 g/mol. The van der Waals surface area contributed by atoms with Crippen molar-refractivity contribution >= 4 is 47.2 Å². The number of sulfone groups is 2. The van der Waals surface area contributed by atoms with Crippen LogP contribution < -0.4 is 5.32 Å². The van der Waals surface area contributed by atoms with Gasteiger partial charge in [0.05, 0.1) is 4.47 Å². The molecule has 1 aromatic carbocycles. The van der Waals surface area contributed by atoms with Crippen molar-refractivity contribution < 1.29 is 21.2 Å². The van der Waals surface area contributed by atoms with Crippen LogP contribution in [0.3, 0.4) is 0 Å². The van der Waals surface area contributed by atoms with Gasteiger partial charge in [-0.25, -0.2) is 26.2 Å². The predicted molar refractivity (Wildman–Crippen MR) is 85.6 cm³/mol. The minimum absolute atomic E-state index is 0.0697. The Labute approximate surface area is 140 Å². The smallest absolute Gasteiger partial charge is 0.228 e. The van der Waals surface area contributed by atoms with E-state index >= 15 is 0 Å². The molecule has 0 amide bonds. The number of benzene rings is 1. The van der Waals surface area contributed by atoms with Crippen LogP contribution in [0.15, 0.2) is 38.8 Å². The zero-order valence-electron chi connectivity index (χ0n) is 11.9. The van der Waals surface area contributed by atoms with E-state index in [9.17, 15) is 21.2 Å². The molecule has 0 atom stereocenters. The first-order chi connectivity index (χ1) is 10.5. The Morgan fingerprint density at radius 2 is 1.78 bits per heavy atom. The maximum atomic E-state index is 13.6. The van der Waals surface area contributed by atoms with E-state index in [1.807, 2.05) is 0 Å².